The van der Waals surface area contributed by atoms with Crippen LogP contribution in [0.15, 0.2) is 48.7 Å². The molecule has 31 heavy (non-hydrogen) atoms. The van der Waals surface area contributed by atoms with E-state index < -0.39 is 0 Å². The van der Waals surface area contributed by atoms with E-state index in [2.05, 4.69) is 36.2 Å². The van der Waals surface area contributed by atoms with Crippen LogP contribution in [-0.2, 0) is 16.1 Å². The summed E-state index contributed by atoms with van der Waals surface area (Å²) in [5.74, 6) is -0.122. The number of esters is 1. The molecule has 0 aliphatic heterocycles. The molecular weight excluding hydrogens is 382 g/mol. The summed E-state index contributed by atoms with van der Waals surface area (Å²) in [6.45, 7) is 2.54. The van der Waals surface area contributed by atoms with E-state index in [9.17, 15) is 4.79 Å². The standard InChI is InChI=1S/C28H45NO2/c1-2-3-4-5-6-7-8-9-10-11-12-13-14-15-16-17-18-19-20-24-28(30)31-26-27-23-21-22-25-29-27/h7-8,15-16,21-23,25H,2-6,9-14,17-20,24,26H2,1H3. The molecule has 0 aliphatic carbocycles. The SMILES string of the molecule is CCCCCCC=CCCCCCCC=CCCCCCC(=O)OCc1ccccn1. The Labute approximate surface area is 191 Å². The van der Waals surface area contributed by atoms with Gasteiger partial charge in [-0.2, -0.15) is 0 Å². The largest absolute Gasteiger partial charge is 0.459 e. The lowest BCUT2D eigenvalue weighted by Gasteiger charge is -2.04. The summed E-state index contributed by atoms with van der Waals surface area (Å²) in [4.78, 5) is 15.9. The number of unbranched alkanes of at least 4 members (excludes halogenated alkanes) is 12. The van der Waals surface area contributed by atoms with Crippen LogP contribution in [0.4, 0.5) is 0 Å². The normalized spacial score (nSPS) is 11.5. The Bertz CT molecular complexity index is 580. The van der Waals surface area contributed by atoms with Crippen molar-refractivity contribution >= 4 is 5.97 Å². The fourth-order valence-corrected chi connectivity index (χ4v) is 3.46. The molecule has 0 atom stereocenters. The van der Waals surface area contributed by atoms with Crippen molar-refractivity contribution < 1.29 is 9.53 Å². The molecule has 0 bridgehead atoms. The second-order valence-corrected chi connectivity index (χ2v) is 8.36. The molecule has 0 saturated heterocycles. The van der Waals surface area contributed by atoms with Gasteiger partial charge in [0.05, 0.1) is 5.69 Å². The summed E-state index contributed by atoms with van der Waals surface area (Å²) in [5, 5.41) is 0. The minimum absolute atomic E-state index is 0.122. The fourth-order valence-electron chi connectivity index (χ4n) is 3.46. The molecule has 174 valence electrons. The Kier molecular flexibility index (Phi) is 18.7. The van der Waals surface area contributed by atoms with Gasteiger partial charge in [-0.15, -0.1) is 0 Å². The number of nitrogens with zero attached hydrogens (tertiary/aromatic N) is 1. The van der Waals surface area contributed by atoms with E-state index in [0.29, 0.717) is 6.42 Å². The van der Waals surface area contributed by atoms with Gasteiger partial charge in [-0.1, -0.05) is 75.8 Å². The van der Waals surface area contributed by atoms with E-state index in [0.717, 1.165) is 31.4 Å². The summed E-state index contributed by atoms with van der Waals surface area (Å²) in [6, 6.07) is 5.63. The van der Waals surface area contributed by atoms with Gasteiger partial charge in [-0.3, -0.25) is 9.78 Å². The minimum Gasteiger partial charge on any atom is -0.459 e. The number of carbonyl (C=O) groups excluding carboxylic acids is 1. The Hall–Kier alpha value is -1.90. The van der Waals surface area contributed by atoms with Crippen molar-refractivity contribution in [1.29, 1.82) is 0 Å². The molecule has 0 amide bonds. The summed E-state index contributed by atoms with van der Waals surface area (Å²) in [7, 11) is 0. The van der Waals surface area contributed by atoms with Crippen molar-refractivity contribution in [3.05, 3.63) is 54.4 Å². The van der Waals surface area contributed by atoms with Crippen LogP contribution in [0.1, 0.15) is 115 Å². The Morgan fingerprint density at radius 2 is 1.32 bits per heavy atom. The predicted octanol–water partition coefficient (Wildman–Crippen LogP) is 8.50. The van der Waals surface area contributed by atoms with Crippen LogP contribution >= 0.6 is 0 Å². The van der Waals surface area contributed by atoms with Crippen LogP contribution in [0, 0.1) is 0 Å². The topological polar surface area (TPSA) is 39.2 Å². The Balaban J connectivity index is 1.80. The zero-order valence-corrected chi connectivity index (χ0v) is 19.9. The molecule has 0 aromatic carbocycles. The highest BCUT2D eigenvalue weighted by Gasteiger charge is 2.03. The molecule has 3 nitrogen and oxygen atoms in total. The summed E-state index contributed by atoms with van der Waals surface area (Å²) < 4.78 is 5.25. The molecule has 0 spiro atoms. The van der Waals surface area contributed by atoms with E-state index in [1.165, 1.54) is 70.6 Å². The summed E-state index contributed by atoms with van der Waals surface area (Å²) in [6.07, 6.45) is 30.4. The predicted molar refractivity (Wildman–Crippen MR) is 132 cm³/mol. The minimum atomic E-state index is -0.122. The first-order valence-corrected chi connectivity index (χ1v) is 12.7. The third kappa shape index (κ3) is 18.6. The highest BCUT2D eigenvalue weighted by atomic mass is 16.5. The molecule has 1 aromatic rings. The van der Waals surface area contributed by atoms with Gasteiger partial charge in [0.2, 0.25) is 0 Å². The van der Waals surface area contributed by atoms with Crippen LogP contribution < -0.4 is 0 Å². The van der Waals surface area contributed by atoms with Gasteiger partial charge in [-0.05, 0) is 69.9 Å². The molecule has 0 N–H and O–H groups in total. The molecule has 0 saturated carbocycles. The van der Waals surface area contributed by atoms with Gasteiger partial charge in [0.15, 0.2) is 0 Å². The number of hydrogen-bond acceptors (Lipinski definition) is 3. The van der Waals surface area contributed by atoms with Gasteiger partial charge >= 0.3 is 5.97 Å². The molecule has 0 aliphatic rings. The molecule has 0 fully saturated rings. The highest BCUT2D eigenvalue weighted by molar-refractivity contribution is 5.69. The van der Waals surface area contributed by atoms with Gasteiger partial charge in [-0.25, -0.2) is 0 Å². The first-order valence-electron chi connectivity index (χ1n) is 12.7. The van der Waals surface area contributed by atoms with Crippen molar-refractivity contribution in [3.8, 4) is 0 Å². The lowest BCUT2D eigenvalue weighted by Crippen LogP contribution is -2.05. The third-order valence-electron chi connectivity index (χ3n) is 5.41. The highest BCUT2D eigenvalue weighted by Crippen LogP contribution is 2.10. The van der Waals surface area contributed by atoms with Crippen LogP contribution in [0.3, 0.4) is 0 Å². The van der Waals surface area contributed by atoms with E-state index in [-0.39, 0.29) is 12.6 Å². The quantitative estimate of drug-likeness (QED) is 0.119. The molecule has 1 heterocycles. The number of hydrogen-bond donors (Lipinski definition) is 0. The average Bonchev–Trinajstić information content (AvgIpc) is 2.80. The number of pyridine rings is 1. The van der Waals surface area contributed by atoms with Crippen molar-refractivity contribution in [2.45, 2.75) is 116 Å². The van der Waals surface area contributed by atoms with Crippen LogP contribution in [0.25, 0.3) is 0 Å². The first kappa shape index (κ1) is 27.1. The van der Waals surface area contributed by atoms with Crippen molar-refractivity contribution in [3.63, 3.8) is 0 Å². The van der Waals surface area contributed by atoms with Crippen molar-refractivity contribution in [2.24, 2.45) is 0 Å². The monoisotopic (exact) mass is 427 g/mol. The number of allylic oxidation sites excluding steroid dienone is 4. The molecule has 1 rings (SSSR count). The zero-order valence-electron chi connectivity index (χ0n) is 19.9. The molecule has 0 unspecified atom stereocenters. The van der Waals surface area contributed by atoms with Crippen LogP contribution in [-0.4, -0.2) is 11.0 Å². The fraction of sp³-hybridized carbons (Fsp3) is 0.643. The van der Waals surface area contributed by atoms with E-state index in [1.807, 2.05) is 18.2 Å². The smallest absolute Gasteiger partial charge is 0.306 e. The molecular formula is C28H45NO2. The number of carbonyl (C=O) groups is 1. The first-order chi connectivity index (χ1) is 15.3. The Morgan fingerprint density at radius 3 is 1.84 bits per heavy atom. The van der Waals surface area contributed by atoms with E-state index in [4.69, 9.17) is 4.74 Å². The molecule has 3 heteroatoms. The molecule has 1 aromatic heterocycles. The lowest BCUT2D eigenvalue weighted by atomic mass is 10.1. The van der Waals surface area contributed by atoms with Crippen LogP contribution in [0.2, 0.25) is 0 Å². The lowest BCUT2D eigenvalue weighted by molar-refractivity contribution is -0.145. The average molecular weight is 428 g/mol. The second kappa shape index (κ2) is 21.3. The van der Waals surface area contributed by atoms with Gasteiger partial charge in [0, 0.05) is 12.6 Å². The van der Waals surface area contributed by atoms with Crippen molar-refractivity contribution in [1.82, 2.24) is 4.98 Å². The number of aromatic nitrogens is 1. The maximum Gasteiger partial charge on any atom is 0.306 e. The second-order valence-electron chi connectivity index (χ2n) is 8.36. The van der Waals surface area contributed by atoms with Gasteiger partial charge in [0.1, 0.15) is 6.61 Å². The summed E-state index contributed by atoms with van der Waals surface area (Å²) in [5.41, 5.74) is 0.797. The van der Waals surface area contributed by atoms with E-state index >= 15 is 0 Å². The van der Waals surface area contributed by atoms with Gasteiger partial charge in [0.25, 0.3) is 0 Å². The molecule has 0 radical (unpaired) electrons. The van der Waals surface area contributed by atoms with Crippen molar-refractivity contribution in [2.75, 3.05) is 0 Å². The number of ether oxygens (including phenoxy) is 1. The zero-order chi connectivity index (χ0) is 22.2. The maximum atomic E-state index is 11.7. The van der Waals surface area contributed by atoms with E-state index in [1.54, 1.807) is 6.20 Å². The summed E-state index contributed by atoms with van der Waals surface area (Å²) >= 11 is 0. The Morgan fingerprint density at radius 1 is 0.774 bits per heavy atom. The van der Waals surface area contributed by atoms with Gasteiger partial charge < -0.3 is 4.74 Å². The maximum absolute atomic E-state index is 11.7. The third-order valence-corrected chi connectivity index (χ3v) is 5.41. The number of rotatable bonds is 20. The van der Waals surface area contributed by atoms with Crippen LogP contribution in [0.5, 0.6) is 0 Å².